The van der Waals surface area contributed by atoms with Crippen molar-refractivity contribution in [3.63, 3.8) is 0 Å². The number of para-hydroxylation sites is 2. The van der Waals surface area contributed by atoms with E-state index in [1.165, 1.54) is 0 Å². The highest BCUT2D eigenvalue weighted by Gasteiger charge is 2.47. The lowest BCUT2D eigenvalue weighted by Crippen LogP contribution is -2.50. The molecule has 36 heavy (non-hydrogen) atoms. The quantitative estimate of drug-likeness (QED) is 0.287. The molecule has 0 unspecified atom stereocenters. The molecular weight excluding hydrogens is 452 g/mol. The third-order valence-corrected chi connectivity index (χ3v) is 6.70. The molecule has 0 saturated carbocycles. The van der Waals surface area contributed by atoms with Crippen LogP contribution in [0.1, 0.15) is 24.1 Å². The fraction of sp³-hybridized carbons (Fsp3) is 0.276. The van der Waals surface area contributed by atoms with Gasteiger partial charge in [0.2, 0.25) is 11.9 Å². The van der Waals surface area contributed by atoms with Crippen molar-refractivity contribution in [3.8, 4) is 0 Å². The van der Waals surface area contributed by atoms with Gasteiger partial charge in [-0.25, -0.2) is 4.98 Å². The summed E-state index contributed by atoms with van der Waals surface area (Å²) in [5.74, 6) is -1.26. The Morgan fingerprint density at radius 2 is 1.67 bits per heavy atom. The number of imidazole rings is 1. The Labute approximate surface area is 210 Å². The van der Waals surface area contributed by atoms with Crippen LogP contribution in [0.5, 0.6) is 0 Å². The number of carbonyl (C=O) groups excluding carboxylic acids is 2. The summed E-state index contributed by atoms with van der Waals surface area (Å²) >= 11 is 0. The number of ether oxygens (including phenoxy) is 1. The van der Waals surface area contributed by atoms with E-state index in [-0.39, 0.29) is 12.5 Å². The van der Waals surface area contributed by atoms with Crippen LogP contribution in [0.2, 0.25) is 0 Å². The lowest BCUT2D eigenvalue weighted by atomic mass is 9.89. The molecule has 0 N–H and O–H groups in total. The van der Waals surface area contributed by atoms with Crippen LogP contribution >= 0.6 is 0 Å². The maximum atomic E-state index is 14.0. The molecule has 0 spiro atoms. The lowest BCUT2D eigenvalue weighted by Gasteiger charge is -2.38. The average Bonchev–Trinajstić information content (AvgIpc) is 3.27. The first-order valence-corrected chi connectivity index (χ1v) is 12.3. The summed E-state index contributed by atoms with van der Waals surface area (Å²) < 4.78 is 7.49. The molecule has 4 aromatic rings. The summed E-state index contributed by atoms with van der Waals surface area (Å²) in [6.07, 6.45) is 0.646. The first-order chi connectivity index (χ1) is 17.5. The molecule has 0 radical (unpaired) electrons. The molecule has 5 rings (SSSR count). The number of rotatable bonds is 7. The summed E-state index contributed by atoms with van der Waals surface area (Å²) in [6.45, 7) is 2.38. The molecule has 0 saturated heterocycles. The zero-order chi connectivity index (χ0) is 25.2. The van der Waals surface area contributed by atoms with E-state index in [4.69, 9.17) is 9.72 Å². The van der Waals surface area contributed by atoms with Crippen molar-refractivity contribution < 1.29 is 14.3 Å². The van der Waals surface area contributed by atoms with Crippen molar-refractivity contribution in [1.82, 2.24) is 9.55 Å². The van der Waals surface area contributed by atoms with E-state index in [2.05, 4.69) is 0 Å². The van der Waals surface area contributed by atoms with Gasteiger partial charge in [0.05, 0.1) is 23.7 Å². The molecular formula is C29H30N4O3. The Hall–Kier alpha value is -4.13. The van der Waals surface area contributed by atoms with Crippen molar-refractivity contribution in [3.05, 3.63) is 90.0 Å². The molecule has 3 aromatic carbocycles. The number of esters is 1. The Kier molecular flexibility index (Phi) is 6.46. The van der Waals surface area contributed by atoms with Crippen LogP contribution < -0.4 is 9.80 Å². The topological polar surface area (TPSA) is 67.7 Å². The number of amides is 1. The van der Waals surface area contributed by atoms with E-state index in [0.717, 1.165) is 27.8 Å². The van der Waals surface area contributed by atoms with Gasteiger partial charge >= 0.3 is 5.97 Å². The highest BCUT2D eigenvalue weighted by molar-refractivity contribution is 6.08. The Bertz CT molecular complexity index is 1380. The minimum absolute atomic E-state index is 0.205. The number of hydrogen-bond acceptors (Lipinski definition) is 5. The second-order valence-electron chi connectivity index (χ2n) is 9.16. The van der Waals surface area contributed by atoms with Crippen LogP contribution in [0.4, 0.5) is 11.6 Å². The zero-order valence-electron chi connectivity index (χ0n) is 20.8. The molecule has 0 fully saturated rings. The van der Waals surface area contributed by atoms with Crippen molar-refractivity contribution in [2.45, 2.75) is 19.4 Å². The minimum Gasteiger partial charge on any atom is -0.465 e. The summed E-state index contributed by atoms with van der Waals surface area (Å²) in [5, 5.41) is 0. The standard InChI is InChI=1S/C29H30N4O3/c1-4-36-28(35)25-26(21-14-16-22(17-15-21)31(2)3)33-24-13-9-8-12-23(24)30-29(33)32(27(25)34)19-18-20-10-6-5-7-11-20/h5-17,25-26H,4,18-19H2,1-3H3/t25-,26+/m1/s1. The van der Waals surface area contributed by atoms with Crippen LogP contribution in [0, 0.1) is 5.92 Å². The number of aromatic nitrogens is 2. The predicted octanol–water partition coefficient (Wildman–Crippen LogP) is 4.46. The third-order valence-electron chi connectivity index (χ3n) is 6.70. The summed E-state index contributed by atoms with van der Waals surface area (Å²) in [5.41, 5.74) is 4.67. The van der Waals surface area contributed by atoms with Gasteiger partial charge in [-0.2, -0.15) is 0 Å². The highest BCUT2D eigenvalue weighted by atomic mass is 16.5. The largest absolute Gasteiger partial charge is 0.465 e. The molecule has 0 bridgehead atoms. The number of nitrogens with zero attached hydrogens (tertiary/aromatic N) is 4. The van der Waals surface area contributed by atoms with Gasteiger partial charge < -0.3 is 14.2 Å². The second-order valence-corrected chi connectivity index (χ2v) is 9.16. The molecule has 7 nitrogen and oxygen atoms in total. The summed E-state index contributed by atoms with van der Waals surface area (Å²) in [7, 11) is 3.96. The van der Waals surface area contributed by atoms with E-state index in [9.17, 15) is 9.59 Å². The number of hydrogen-bond donors (Lipinski definition) is 0. The molecule has 1 aromatic heterocycles. The Balaban J connectivity index is 1.66. The average molecular weight is 483 g/mol. The third kappa shape index (κ3) is 4.21. The first-order valence-electron chi connectivity index (χ1n) is 12.3. The SMILES string of the molecule is CCOC(=O)[C@H]1C(=O)N(CCc2ccccc2)c2nc3ccccc3n2[C@H]1c1ccc(N(C)C)cc1. The van der Waals surface area contributed by atoms with Gasteiger partial charge in [-0.3, -0.25) is 14.5 Å². The van der Waals surface area contributed by atoms with Crippen LogP contribution in [-0.2, 0) is 20.7 Å². The Morgan fingerprint density at radius 3 is 2.36 bits per heavy atom. The van der Waals surface area contributed by atoms with E-state index < -0.39 is 17.9 Å². The van der Waals surface area contributed by atoms with Crippen molar-refractivity contribution >= 4 is 34.5 Å². The number of carbonyl (C=O) groups is 2. The summed E-state index contributed by atoms with van der Waals surface area (Å²) in [6, 6.07) is 25.2. The van der Waals surface area contributed by atoms with Gasteiger partial charge in [-0.15, -0.1) is 0 Å². The van der Waals surface area contributed by atoms with Gasteiger partial charge in [0.25, 0.3) is 0 Å². The molecule has 2 atom stereocenters. The van der Waals surface area contributed by atoms with Crippen molar-refractivity contribution in [1.29, 1.82) is 0 Å². The van der Waals surface area contributed by atoms with E-state index in [1.54, 1.807) is 11.8 Å². The molecule has 2 heterocycles. The molecule has 1 amide bonds. The maximum Gasteiger partial charge on any atom is 0.321 e. The van der Waals surface area contributed by atoms with Gasteiger partial charge in [-0.1, -0.05) is 54.6 Å². The van der Waals surface area contributed by atoms with Crippen LogP contribution in [-0.4, -0.2) is 48.7 Å². The summed E-state index contributed by atoms with van der Waals surface area (Å²) in [4.78, 5) is 35.9. The van der Waals surface area contributed by atoms with Gasteiger partial charge in [0, 0.05) is 26.3 Å². The Morgan fingerprint density at radius 1 is 0.972 bits per heavy atom. The van der Waals surface area contributed by atoms with E-state index in [0.29, 0.717) is 18.9 Å². The number of anilines is 2. The van der Waals surface area contributed by atoms with Crippen LogP contribution in [0.3, 0.4) is 0 Å². The first kappa shape index (κ1) is 23.6. The normalized spacial score (nSPS) is 17.2. The molecule has 1 aliphatic rings. The smallest absolute Gasteiger partial charge is 0.321 e. The van der Waals surface area contributed by atoms with Crippen molar-refractivity contribution in [2.75, 3.05) is 37.0 Å². The number of fused-ring (bicyclic) bond motifs is 3. The minimum atomic E-state index is -1.02. The fourth-order valence-electron chi connectivity index (χ4n) is 4.92. The van der Waals surface area contributed by atoms with Crippen molar-refractivity contribution in [2.24, 2.45) is 5.92 Å². The monoisotopic (exact) mass is 482 g/mol. The van der Waals surface area contributed by atoms with Gasteiger partial charge in [0.15, 0.2) is 5.92 Å². The maximum absolute atomic E-state index is 14.0. The van der Waals surface area contributed by atoms with E-state index >= 15 is 0 Å². The molecule has 184 valence electrons. The predicted molar refractivity (Wildman–Crippen MR) is 141 cm³/mol. The van der Waals surface area contributed by atoms with Gasteiger partial charge in [-0.05, 0) is 48.7 Å². The fourth-order valence-corrected chi connectivity index (χ4v) is 4.92. The number of benzene rings is 3. The van der Waals surface area contributed by atoms with Crippen LogP contribution in [0.25, 0.3) is 11.0 Å². The highest BCUT2D eigenvalue weighted by Crippen LogP contribution is 2.41. The molecule has 1 aliphatic heterocycles. The molecule has 0 aliphatic carbocycles. The molecule has 7 heteroatoms. The lowest BCUT2D eigenvalue weighted by molar-refractivity contribution is -0.153. The van der Waals surface area contributed by atoms with Gasteiger partial charge in [0.1, 0.15) is 0 Å². The second kappa shape index (κ2) is 9.85. The van der Waals surface area contributed by atoms with E-state index in [1.807, 2.05) is 102 Å². The zero-order valence-corrected chi connectivity index (χ0v) is 20.8. The van der Waals surface area contributed by atoms with Crippen LogP contribution in [0.15, 0.2) is 78.9 Å².